The number of hydrogen-bond acceptors (Lipinski definition) is 5. The van der Waals surface area contributed by atoms with Gasteiger partial charge in [0.25, 0.3) is 5.52 Å². The van der Waals surface area contributed by atoms with Crippen molar-refractivity contribution < 1.29 is 10.1 Å². The van der Waals surface area contributed by atoms with Gasteiger partial charge in [-0.1, -0.05) is 0 Å². The van der Waals surface area contributed by atoms with Gasteiger partial charge in [-0.2, -0.15) is 4.98 Å². The first-order chi connectivity index (χ1) is 5.77. The molecule has 6 nitrogen and oxygen atoms in total. The third-order valence-electron chi connectivity index (χ3n) is 1.37. The summed E-state index contributed by atoms with van der Waals surface area (Å²) in [5.41, 5.74) is 5.81. The van der Waals surface area contributed by atoms with Gasteiger partial charge in [-0.25, -0.2) is 15.0 Å². The fourth-order valence-corrected chi connectivity index (χ4v) is 0.893. The smallest absolute Gasteiger partial charge is 0.854 e. The number of nitrogen functional groups attached to an aromatic ring is 1. The largest absolute Gasteiger partial charge is 2.00 e. The van der Waals surface area contributed by atoms with E-state index in [9.17, 15) is 5.11 Å². The van der Waals surface area contributed by atoms with Crippen LogP contribution in [0, 0.1) is 0 Å². The van der Waals surface area contributed by atoms with E-state index in [1.807, 2.05) is 0 Å². The summed E-state index contributed by atoms with van der Waals surface area (Å²) in [5, 5.41) is 11.1. The number of H-pyrrole nitrogens is 1. The molecule has 0 aromatic carbocycles. The Morgan fingerprint density at radius 2 is 2.15 bits per heavy atom. The molecule has 0 saturated heterocycles. The van der Waals surface area contributed by atoms with Gasteiger partial charge in [-0.3, -0.25) is 0 Å². The molecular formula is C6H5CaN5O+2. The van der Waals surface area contributed by atoms with Crippen molar-refractivity contribution in [2.24, 2.45) is 0 Å². The number of anilines is 1. The molecule has 0 aliphatic heterocycles. The summed E-state index contributed by atoms with van der Waals surface area (Å²) < 4.78 is 0. The molecule has 2 aromatic rings. The molecule has 0 fully saturated rings. The van der Waals surface area contributed by atoms with Crippen molar-refractivity contribution in [1.82, 2.24) is 15.0 Å². The minimum absolute atomic E-state index is 0. The van der Waals surface area contributed by atoms with E-state index in [2.05, 4.69) is 19.9 Å². The van der Waals surface area contributed by atoms with Crippen molar-refractivity contribution in [2.45, 2.75) is 0 Å². The van der Waals surface area contributed by atoms with Gasteiger partial charge in [0, 0.05) is 0 Å². The minimum Gasteiger partial charge on any atom is -0.854 e. The van der Waals surface area contributed by atoms with E-state index in [-0.39, 0.29) is 54.9 Å². The zero-order valence-corrected chi connectivity index (χ0v) is 8.90. The monoisotopic (exact) mass is 203 g/mol. The Morgan fingerprint density at radius 1 is 1.38 bits per heavy atom. The number of nitrogens with two attached hydrogens (primary N) is 1. The van der Waals surface area contributed by atoms with E-state index in [4.69, 9.17) is 5.73 Å². The van der Waals surface area contributed by atoms with E-state index in [0.29, 0.717) is 0 Å². The summed E-state index contributed by atoms with van der Waals surface area (Å²) in [6.07, 6.45) is 3.03. The van der Waals surface area contributed by atoms with Gasteiger partial charge in [0.1, 0.15) is 0 Å². The van der Waals surface area contributed by atoms with Crippen molar-refractivity contribution in [1.29, 1.82) is 0 Å². The van der Waals surface area contributed by atoms with Crippen LogP contribution in [0.3, 0.4) is 0 Å². The van der Waals surface area contributed by atoms with E-state index in [0.717, 1.165) is 0 Å². The summed E-state index contributed by atoms with van der Waals surface area (Å²) in [6, 6.07) is 0. The first kappa shape index (κ1) is 10.4. The minimum atomic E-state index is -0.439. The average molecular weight is 203 g/mol. The summed E-state index contributed by atoms with van der Waals surface area (Å²) >= 11 is 0. The Bertz CT molecular complexity index is 434. The molecule has 13 heavy (non-hydrogen) atoms. The third kappa shape index (κ3) is 1.96. The van der Waals surface area contributed by atoms with Crippen LogP contribution in [0.25, 0.3) is 11.2 Å². The Kier molecular flexibility index (Phi) is 3.18. The van der Waals surface area contributed by atoms with E-state index >= 15 is 0 Å². The second-order valence-electron chi connectivity index (χ2n) is 2.17. The number of rotatable bonds is 0. The predicted octanol–water partition coefficient (Wildman–Crippen LogP) is -1.89. The summed E-state index contributed by atoms with van der Waals surface area (Å²) in [6.45, 7) is 0. The molecule has 2 heterocycles. The molecule has 0 spiro atoms. The van der Waals surface area contributed by atoms with Gasteiger partial charge < -0.3 is 10.8 Å². The maximum absolute atomic E-state index is 11.1. The first-order valence-corrected chi connectivity index (χ1v) is 3.24. The molecule has 0 atom stereocenters. The van der Waals surface area contributed by atoms with Gasteiger partial charge in [-0.05, 0) is 0 Å². The Hall–Kier alpha value is -0.720. The molecule has 0 amide bonds. The first-order valence-electron chi connectivity index (χ1n) is 3.24. The zero-order valence-electron chi connectivity index (χ0n) is 6.69. The Balaban J connectivity index is 0.000000845. The number of nitrogens with one attached hydrogen (secondary N) is 1. The SMILES string of the molecule is Nc1nc([O-])c2[nH+]ccnc2n1.[Ca+2]. The van der Waals surface area contributed by atoms with E-state index in [1.54, 1.807) is 0 Å². The fraction of sp³-hybridized carbons (Fsp3) is 0. The van der Waals surface area contributed by atoms with Gasteiger partial charge >= 0.3 is 37.7 Å². The topological polar surface area (TPSA) is 102 Å². The van der Waals surface area contributed by atoms with Crippen molar-refractivity contribution in [3.8, 4) is 5.88 Å². The molecular weight excluding hydrogens is 198 g/mol. The van der Waals surface area contributed by atoms with Crippen molar-refractivity contribution >= 4 is 54.9 Å². The molecule has 0 bridgehead atoms. The molecule has 0 aliphatic carbocycles. The average Bonchev–Trinajstić information content (AvgIpc) is 2.04. The van der Waals surface area contributed by atoms with Crippen molar-refractivity contribution in [2.75, 3.05) is 5.73 Å². The van der Waals surface area contributed by atoms with Gasteiger partial charge in [-0.15, -0.1) is 0 Å². The van der Waals surface area contributed by atoms with E-state index in [1.165, 1.54) is 12.4 Å². The number of fused-ring (bicyclic) bond motifs is 1. The van der Waals surface area contributed by atoms with Gasteiger partial charge in [0.05, 0.1) is 12.1 Å². The molecule has 0 radical (unpaired) electrons. The summed E-state index contributed by atoms with van der Waals surface area (Å²) in [4.78, 5) is 13.7. The van der Waals surface area contributed by atoms with Gasteiger partial charge in [0.15, 0.2) is 6.20 Å². The van der Waals surface area contributed by atoms with Crippen molar-refractivity contribution in [3.63, 3.8) is 0 Å². The van der Waals surface area contributed by atoms with Crippen LogP contribution in [-0.2, 0) is 0 Å². The van der Waals surface area contributed by atoms with Crippen molar-refractivity contribution in [3.05, 3.63) is 12.4 Å². The standard InChI is InChI=1S/C6H5N5O.Ca/c7-6-10-4-3(5(12)11-6)8-1-2-9-4;/h1-2H,(H3,7,9,10,11,12);/q;+2. The molecule has 3 N–H and O–H groups in total. The second-order valence-corrected chi connectivity index (χ2v) is 2.17. The van der Waals surface area contributed by atoms with Crippen LogP contribution in [0.15, 0.2) is 12.4 Å². The van der Waals surface area contributed by atoms with Crippen LogP contribution in [0.1, 0.15) is 0 Å². The zero-order chi connectivity index (χ0) is 8.55. The van der Waals surface area contributed by atoms with E-state index < -0.39 is 5.88 Å². The molecule has 60 valence electrons. The molecule has 0 saturated carbocycles. The fourth-order valence-electron chi connectivity index (χ4n) is 0.893. The van der Waals surface area contributed by atoms with Crippen LogP contribution in [-0.4, -0.2) is 52.7 Å². The quantitative estimate of drug-likeness (QED) is 0.504. The maximum atomic E-state index is 11.1. The summed E-state index contributed by atoms with van der Waals surface area (Å²) in [7, 11) is 0. The summed E-state index contributed by atoms with van der Waals surface area (Å²) in [5.74, 6) is -0.495. The molecule has 0 unspecified atom stereocenters. The normalized spacial score (nSPS) is 9.54. The second kappa shape index (κ2) is 3.99. The van der Waals surface area contributed by atoms with Crippen LogP contribution in [0.4, 0.5) is 5.95 Å². The molecule has 2 aromatic heterocycles. The molecule has 0 aliphatic rings. The predicted molar refractivity (Wildman–Crippen MR) is 43.5 cm³/mol. The molecule has 7 heteroatoms. The Labute approximate surface area is 103 Å². The van der Waals surface area contributed by atoms with Crippen LogP contribution in [0.2, 0.25) is 0 Å². The number of hydrogen-bond donors (Lipinski definition) is 1. The number of aromatic nitrogens is 4. The third-order valence-corrected chi connectivity index (χ3v) is 1.37. The maximum Gasteiger partial charge on any atom is 2.00 e. The number of nitrogens with zero attached hydrogens (tertiary/aromatic N) is 3. The number of aromatic amines is 1. The van der Waals surface area contributed by atoms with Crippen LogP contribution in [0.5, 0.6) is 5.88 Å². The van der Waals surface area contributed by atoms with Crippen LogP contribution < -0.4 is 15.8 Å². The van der Waals surface area contributed by atoms with Gasteiger partial charge in [0.2, 0.25) is 11.6 Å². The molecule has 2 rings (SSSR count). The Morgan fingerprint density at radius 3 is 2.92 bits per heavy atom. The van der Waals surface area contributed by atoms with Crippen LogP contribution >= 0.6 is 0 Å².